The van der Waals surface area contributed by atoms with Crippen molar-refractivity contribution in [1.82, 2.24) is 15.1 Å². The third-order valence-electron chi connectivity index (χ3n) is 4.93. The molecule has 1 aromatic rings. The van der Waals surface area contributed by atoms with Crippen molar-refractivity contribution in [3.8, 4) is 0 Å². The van der Waals surface area contributed by atoms with Gasteiger partial charge in [0.1, 0.15) is 6.54 Å². The maximum absolute atomic E-state index is 12.4. The van der Waals surface area contributed by atoms with E-state index in [1.807, 2.05) is 25.1 Å². The number of nitrogens with two attached hydrogens (primary N) is 1. The number of aryl methyl sites for hydroxylation is 1. The summed E-state index contributed by atoms with van der Waals surface area (Å²) in [5, 5.41) is 3.00. The number of rotatable bonds is 4. The molecule has 0 saturated carbocycles. The van der Waals surface area contributed by atoms with Crippen molar-refractivity contribution in [2.75, 3.05) is 31.9 Å². The highest BCUT2D eigenvalue weighted by atomic mass is 16.2. The Labute approximate surface area is 147 Å². The highest BCUT2D eigenvalue weighted by molar-refractivity contribution is 6.35. The Balaban J connectivity index is 1.63. The van der Waals surface area contributed by atoms with Crippen LogP contribution in [0.3, 0.4) is 0 Å². The van der Waals surface area contributed by atoms with Crippen molar-refractivity contribution in [2.24, 2.45) is 0 Å². The number of hydrogen-bond acceptors (Lipinski definition) is 4. The summed E-state index contributed by atoms with van der Waals surface area (Å²) < 4.78 is 0. The van der Waals surface area contributed by atoms with Crippen LogP contribution in [-0.2, 0) is 20.8 Å². The fraction of sp³-hybridized carbons (Fsp3) is 0.500. The molecule has 134 valence electrons. The van der Waals surface area contributed by atoms with Crippen molar-refractivity contribution < 1.29 is 14.4 Å². The summed E-state index contributed by atoms with van der Waals surface area (Å²) in [6.45, 7) is 3.12. The van der Waals surface area contributed by atoms with Crippen LogP contribution in [0.25, 0.3) is 0 Å². The Hall–Kier alpha value is -2.57. The van der Waals surface area contributed by atoms with E-state index in [1.165, 1.54) is 15.4 Å². The highest BCUT2D eigenvalue weighted by Gasteiger charge is 2.33. The minimum Gasteiger partial charge on any atom is -0.399 e. The summed E-state index contributed by atoms with van der Waals surface area (Å²) in [6, 6.07) is 5.69. The van der Waals surface area contributed by atoms with E-state index in [0.717, 1.165) is 30.5 Å². The van der Waals surface area contributed by atoms with E-state index < -0.39 is 11.8 Å². The topological polar surface area (TPSA) is 95.7 Å². The summed E-state index contributed by atoms with van der Waals surface area (Å²) in [4.78, 5) is 39.3. The Bertz CT molecular complexity index is 704. The Kier molecular flexibility index (Phi) is 4.92. The smallest absolute Gasteiger partial charge is 0.312 e. The highest BCUT2D eigenvalue weighted by Crippen LogP contribution is 2.30. The van der Waals surface area contributed by atoms with Gasteiger partial charge in [-0.1, -0.05) is 6.07 Å². The second-order valence-corrected chi connectivity index (χ2v) is 6.58. The van der Waals surface area contributed by atoms with Gasteiger partial charge in [0.25, 0.3) is 0 Å². The average molecular weight is 344 g/mol. The van der Waals surface area contributed by atoms with Crippen LogP contribution in [0.5, 0.6) is 0 Å². The van der Waals surface area contributed by atoms with E-state index in [4.69, 9.17) is 5.73 Å². The van der Waals surface area contributed by atoms with Gasteiger partial charge < -0.3 is 20.9 Å². The SMILES string of the molecule is CCN1CCN(CC(=O)NC2CCCc3cc(N)ccc32)C(=O)C1=O. The molecule has 3 amide bonds. The van der Waals surface area contributed by atoms with E-state index >= 15 is 0 Å². The minimum atomic E-state index is -0.597. The molecule has 3 rings (SSSR count). The molecule has 0 bridgehead atoms. The summed E-state index contributed by atoms with van der Waals surface area (Å²) in [5.74, 6) is -1.36. The van der Waals surface area contributed by atoms with Gasteiger partial charge in [-0.05, 0) is 49.4 Å². The van der Waals surface area contributed by atoms with E-state index in [1.54, 1.807) is 0 Å². The first-order chi connectivity index (χ1) is 12.0. The fourth-order valence-corrected chi connectivity index (χ4v) is 3.57. The third kappa shape index (κ3) is 3.60. The lowest BCUT2D eigenvalue weighted by molar-refractivity contribution is -0.156. The van der Waals surface area contributed by atoms with E-state index in [9.17, 15) is 14.4 Å². The molecule has 1 aliphatic carbocycles. The molecule has 3 N–H and O–H groups in total. The molecular weight excluding hydrogens is 320 g/mol. The van der Waals surface area contributed by atoms with Crippen LogP contribution in [0.1, 0.15) is 36.9 Å². The van der Waals surface area contributed by atoms with Crippen LogP contribution in [0, 0.1) is 0 Å². The number of fused-ring (bicyclic) bond motifs is 1. The van der Waals surface area contributed by atoms with E-state index in [2.05, 4.69) is 5.32 Å². The number of amides is 3. The number of anilines is 1. The summed E-state index contributed by atoms with van der Waals surface area (Å²) in [7, 11) is 0. The molecule has 2 aliphatic rings. The first-order valence-electron chi connectivity index (χ1n) is 8.75. The molecule has 0 spiro atoms. The Morgan fingerprint density at radius 1 is 1.24 bits per heavy atom. The largest absolute Gasteiger partial charge is 0.399 e. The molecule has 25 heavy (non-hydrogen) atoms. The number of nitrogens with one attached hydrogen (secondary N) is 1. The van der Waals surface area contributed by atoms with Gasteiger partial charge in [0.05, 0.1) is 6.04 Å². The van der Waals surface area contributed by atoms with Gasteiger partial charge >= 0.3 is 11.8 Å². The van der Waals surface area contributed by atoms with Crippen LogP contribution in [0.15, 0.2) is 18.2 Å². The molecule has 7 heteroatoms. The van der Waals surface area contributed by atoms with Gasteiger partial charge in [0.2, 0.25) is 5.91 Å². The molecular formula is C18H24N4O3. The lowest BCUT2D eigenvalue weighted by Crippen LogP contribution is -2.56. The first kappa shape index (κ1) is 17.3. The van der Waals surface area contributed by atoms with Crippen LogP contribution in [-0.4, -0.2) is 53.7 Å². The van der Waals surface area contributed by atoms with Gasteiger partial charge in [0, 0.05) is 25.3 Å². The quantitative estimate of drug-likeness (QED) is 0.612. The zero-order valence-electron chi connectivity index (χ0n) is 14.5. The minimum absolute atomic E-state index is 0.0698. The lowest BCUT2D eigenvalue weighted by atomic mass is 9.87. The Morgan fingerprint density at radius 3 is 2.72 bits per heavy atom. The molecule has 0 radical (unpaired) electrons. The maximum Gasteiger partial charge on any atom is 0.312 e. The average Bonchev–Trinajstić information content (AvgIpc) is 2.59. The van der Waals surface area contributed by atoms with Crippen molar-refractivity contribution in [3.05, 3.63) is 29.3 Å². The molecule has 1 aliphatic heterocycles. The number of nitrogens with zero attached hydrogens (tertiary/aromatic N) is 2. The molecule has 7 nitrogen and oxygen atoms in total. The molecule has 1 atom stereocenters. The van der Waals surface area contributed by atoms with Gasteiger partial charge in [-0.2, -0.15) is 0 Å². The summed E-state index contributed by atoms with van der Waals surface area (Å²) >= 11 is 0. The number of likely N-dealkylation sites (N-methyl/N-ethyl adjacent to an activating group) is 1. The summed E-state index contributed by atoms with van der Waals surface area (Å²) in [5.41, 5.74) is 8.82. The molecule has 0 aromatic heterocycles. The van der Waals surface area contributed by atoms with Gasteiger partial charge in [-0.3, -0.25) is 14.4 Å². The van der Waals surface area contributed by atoms with Gasteiger partial charge in [-0.15, -0.1) is 0 Å². The van der Waals surface area contributed by atoms with Crippen molar-refractivity contribution in [2.45, 2.75) is 32.2 Å². The van der Waals surface area contributed by atoms with Crippen LogP contribution in [0.4, 0.5) is 5.69 Å². The predicted molar refractivity (Wildman–Crippen MR) is 93.5 cm³/mol. The van der Waals surface area contributed by atoms with Crippen molar-refractivity contribution >= 4 is 23.4 Å². The number of nitrogen functional groups attached to an aromatic ring is 1. The van der Waals surface area contributed by atoms with Gasteiger partial charge in [-0.25, -0.2) is 0 Å². The third-order valence-corrected chi connectivity index (χ3v) is 4.93. The maximum atomic E-state index is 12.4. The zero-order chi connectivity index (χ0) is 18.0. The molecule has 1 aromatic carbocycles. The monoisotopic (exact) mass is 344 g/mol. The molecule has 1 unspecified atom stereocenters. The lowest BCUT2D eigenvalue weighted by Gasteiger charge is -2.33. The summed E-state index contributed by atoms with van der Waals surface area (Å²) in [6.07, 6.45) is 2.80. The molecule has 1 fully saturated rings. The van der Waals surface area contributed by atoms with Crippen LogP contribution in [0.2, 0.25) is 0 Å². The van der Waals surface area contributed by atoms with Crippen molar-refractivity contribution in [1.29, 1.82) is 0 Å². The Morgan fingerprint density at radius 2 is 1.96 bits per heavy atom. The standard InChI is InChI=1S/C18H24N4O3/c1-2-21-8-9-22(18(25)17(21)24)11-16(23)20-15-5-3-4-12-10-13(19)6-7-14(12)15/h6-7,10,15H,2-5,8-9,11,19H2,1H3,(H,20,23). The number of carbonyl (C=O) groups excluding carboxylic acids is 3. The normalized spacial score (nSPS) is 20.4. The zero-order valence-corrected chi connectivity index (χ0v) is 14.5. The van der Waals surface area contributed by atoms with E-state index in [0.29, 0.717) is 19.6 Å². The molecule has 1 saturated heterocycles. The van der Waals surface area contributed by atoms with Crippen molar-refractivity contribution in [3.63, 3.8) is 0 Å². The van der Waals surface area contributed by atoms with Crippen LogP contribution >= 0.6 is 0 Å². The number of piperazine rings is 1. The second kappa shape index (κ2) is 7.13. The van der Waals surface area contributed by atoms with E-state index in [-0.39, 0.29) is 18.5 Å². The number of benzene rings is 1. The van der Waals surface area contributed by atoms with Crippen LogP contribution < -0.4 is 11.1 Å². The predicted octanol–water partition coefficient (Wildman–Crippen LogP) is 0.453. The first-order valence-corrected chi connectivity index (χ1v) is 8.75. The molecule has 1 heterocycles. The number of carbonyl (C=O) groups is 3. The van der Waals surface area contributed by atoms with Gasteiger partial charge in [0.15, 0.2) is 0 Å². The second-order valence-electron chi connectivity index (χ2n) is 6.58. The fourth-order valence-electron chi connectivity index (χ4n) is 3.57. The number of hydrogen-bond donors (Lipinski definition) is 2.